The van der Waals surface area contributed by atoms with Crippen LogP contribution in [0.5, 0.6) is 5.75 Å². The summed E-state index contributed by atoms with van der Waals surface area (Å²) < 4.78 is 5.31. The summed E-state index contributed by atoms with van der Waals surface area (Å²) in [5.41, 5.74) is 4.59. The number of aryl methyl sites for hydroxylation is 1. The number of anilines is 1. The van der Waals surface area contributed by atoms with E-state index in [4.69, 9.17) is 4.74 Å². The third-order valence-electron chi connectivity index (χ3n) is 5.54. The molecule has 1 aliphatic rings. The Hall–Kier alpha value is -2.37. The number of hydrogen-bond acceptors (Lipinski definition) is 2. The summed E-state index contributed by atoms with van der Waals surface area (Å²) >= 11 is 0. The van der Waals surface area contributed by atoms with E-state index in [1.807, 2.05) is 24.3 Å². The Balaban J connectivity index is 1.46. The molecule has 0 aromatic heterocycles. The van der Waals surface area contributed by atoms with Crippen molar-refractivity contribution in [3.05, 3.63) is 59.2 Å². The molecule has 5 heteroatoms. The van der Waals surface area contributed by atoms with E-state index in [-0.39, 0.29) is 5.91 Å². The fourth-order valence-corrected chi connectivity index (χ4v) is 3.69. The first-order valence-corrected chi connectivity index (χ1v) is 9.71. The maximum atomic E-state index is 12.4. The quantitative estimate of drug-likeness (QED) is 0.683. The standard InChI is InChI=1S/C22H29N3O2/c1-17-6-4-9-21(18(17)2)23-22(26)16-25-12-10-24(11-13-25)15-19-7-5-8-20(14-19)27-3/h4-9,14H,10-13,15-16H2,1-3H3,(H,23,26)/p+2. The van der Waals surface area contributed by atoms with E-state index in [9.17, 15) is 4.79 Å². The van der Waals surface area contributed by atoms with Crippen LogP contribution in [-0.4, -0.2) is 45.7 Å². The third kappa shape index (κ3) is 5.31. The Morgan fingerprint density at radius 3 is 2.48 bits per heavy atom. The van der Waals surface area contributed by atoms with Gasteiger partial charge in [-0.15, -0.1) is 0 Å². The number of rotatable bonds is 6. The molecule has 0 spiro atoms. The van der Waals surface area contributed by atoms with Gasteiger partial charge in [0.1, 0.15) is 38.5 Å². The summed E-state index contributed by atoms with van der Waals surface area (Å²) in [6.07, 6.45) is 0. The van der Waals surface area contributed by atoms with Crippen molar-refractivity contribution in [1.29, 1.82) is 0 Å². The van der Waals surface area contributed by atoms with Crippen LogP contribution >= 0.6 is 0 Å². The van der Waals surface area contributed by atoms with E-state index >= 15 is 0 Å². The number of carbonyl (C=O) groups excluding carboxylic acids is 1. The van der Waals surface area contributed by atoms with Gasteiger partial charge in [0, 0.05) is 11.3 Å². The molecule has 1 amide bonds. The fraction of sp³-hybridized carbons (Fsp3) is 0.409. The smallest absolute Gasteiger partial charge is 0.279 e. The summed E-state index contributed by atoms with van der Waals surface area (Å²) in [5.74, 6) is 1.02. The topological polar surface area (TPSA) is 47.2 Å². The molecule has 144 valence electrons. The van der Waals surface area contributed by atoms with Crippen molar-refractivity contribution in [3.63, 3.8) is 0 Å². The normalized spacial score (nSPS) is 19.5. The van der Waals surface area contributed by atoms with Gasteiger partial charge in [0.25, 0.3) is 5.91 Å². The van der Waals surface area contributed by atoms with E-state index in [0.29, 0.717) is 6.54 Å². The van der Waals surface area contributed by atoms with Crippen molar-refractivity contribution >= 4 is 11.6 Å². The van der Waals surface area contributed by atoms with Crippen molar-refractivity contribution in [2.75, 3.05) is 45.2 Å². The van der Waals surface area contributed by atoms with Gasteiger partial charge >= 0.3 is 0 Å². The van der Waals surface area contributed by atoms with Crippen LogP contribution in [0.1, 0.15) is 16.7 Å². The maximum Gasteiger partial charge on any atom is 0.279 e. The number of nitrogens with one attached hydrogen (secondary N) is 3. The SMILES string of the molecule is COc1cccc(C[NH+]2CC[NH+](CC(=O)Nc3cccc(C)c3C)CC2)c1. The Kier molecular flexibility index (Phi) is 6.48. The van der Waals surface area contributed by atoms with Crippen LogP contribution in [0.4, 0.5) is 5.69 Å². The molecule has 2 aromatic rings. The molecule has 3 N–H and O–H groups in total. The molecule has 0 saturated carbocycles. The number of ether oxygens (including phenoxy) is 1. The number of quaternary nitrogens is 2. The Bertz CT molecular complexity index is 783. The molecule has 0 unspecified atom stereocenters. The second-order valence-electron chi connectivity index (χ2n) is 7.50. The van der Waals surface area contributed by atoms with Crippen molar-refractivity contribution in [3.8, 4) is 5.75 Å². The molecule has 1 heterocycles. The molecule has 2 aromatic carbocycles. The summed E-state index contributed by atoms with van der Waals surface area (Å²) in [5, 5.41) is 3.08. The summed E-state index contributed by atoms with van der Waals surface area (Å²) in [6, 6.07) is 14.3. The first-order chi connectivity index (χ1) is 13.0. The minimum atomic E-state index is 0.106. The molecule has 0 bridgehead atoms. The minimum Gasteiger partial charge on any atom is -0.497 e. The molecule has 1 fully saturated rings. The van der Waals surface area contributed by atoms with Crippen molar-refractivity contribution in [2.24, 2.45) is 0 Å². The van der Waals surface area contributed by atoms with Gasteiger partial charge in [-0.2, -0.15) is 0 Å². The van der Waals surface area contributed by atoms with Crippen molar-refractivity contribution in [1.82, 2.24) is 0 Å². The first-order valence-electron chi connectivity index (χ1n) is 9.71. The largest absolute Gasteiger partial charge is 0.497 e. The number of piperazine rings is 1. The highest BCUT2D eigenvalue weighted by Gasteiger charge is 2.25. The van der Waals surface area contributed by atoms with Crippen LogP contribution < -0.4 is 19.9 Å². The maximum absolute atomic E-state index is 12.4. The van der Waals surface area contributed by atoms with Crippen LogP contribution in [0.25, 0.3) is 0 Å². The van der Waals surface area contributed by atoms with E-state index in [1.165, 1.54) is 16.0 Å². The van der Waals surface area contributed by atoms with Gasteiger partial charge in [-0.05, 0) is 43.2 Å². The zero-order valence-electron chi connectivity index (χ0n) is 16.6. The van der Waals surface area contributed by atoms with Gasteiger partial charge in [0.15, 0.2) is 6.54 Å². The molecular weight excluding hydrogens is 338 g/mol. The highest BCUT2D eigenvalue weighted by atomic mass is 16.5. The third-order valence-corrected chi connectivity index (χ3v) is 5.54. The predicted octanol–water partition coefficient (Wildman–Crippen LogP) is 0.234. The average Bonchev–Trinajstić information content (AvgIpc) is 2.67. The van der Waals surface area contributed by atoms with Crippen molar-refractivity contribution < 1.29 is 19.3 Å². The number of hydrogen-bond donors (Lipinski definition) is 3. The molecule has 0 aliphatic carbocycles. The first kappa shape index (κ1) is 19.4. The number of amides is 1. The lowest BCUT2D eigenvalue weighted by Crippen LogP contribution is -3.28. The van der Waals surface area contributed by atoms with Crippen molar-refractivity contribution in [2.45, 2.75) is 20.4 Å². The van der Waals surface area contributed by atoms with Gasteiger partial charge in [0.05, 0.1) is 7.11 Å². The lowest BCUT2D eigenvalue weighted by atomic mass is 10.1. The van der Waals surface area contributed by atoms with Crippen LogP contribution in [-0.2, 0) is 11.3 Å². The summed E-state index contributed by atoms with van der Waals surface area (Å²) in [7, 11) is 1.71. The molecular formula is C22H31N3O2+2. The molecule has 5 nitrogen and oxygen atoms in total. The molecule has 27 heavy (non-hydrogen) atoms. The van der Waals surface area contributed by atoms with Gasteiger partial charge in [-0.25, -0.2) is 0 Å². The molecule has 1 saturated heterocycles. The van der Waals surface area contributed by atoms with Gasteiger partial charge < -0.3 is 19.9 Å². The summed E-state index contributed by atoms with van der Waals surface area (Å²) in [6.45, 7) is 9.91. The monoisotopic (exact) mass is 369 g/mol. The lowest BCUT2D eigenvalue weighted by Gasteiger charge is -2.29. The van der Waals surface area contributed by atoms with Crippen LogP contribution in [0.15, 0.2) is 42.5 Å². The highest BCUT2D eigenvalue weighted by molar-refractivity contribution is 5.92. The second kappa shape index (κ2) is 9.02. The van der Waals surface area contributed by atoms with E-state index < -0.39 is 0 Å². The number of benzene rings is 2. The van der Waals surface area contributed by atoms with Gasteiger partial charge in [-0.1, -0.05) is 24.3 Å². The van der Waals surface area contributed by atoms with Gasteiger partial charge in [0.2, 0.25) is 0 Å². The van der Waals surface area contributed by atoms with E-state index in [0.717, 1.165) is 49.7 Å². The molecule has 3 rings (SSSR count). The average molecular weight is 370 g/mol. The minimum absolute atomic E-state index is 0.106. The Morgan fingerprint density at radius 2 is 1.74 bits per heavy atom. The molecule has 1 aliphatic heterocycles. The lowest BCUT2D eigenvalue weighted by molar-refractivity contribution is -1.02. The second-order valence-corrected chi connectivity index (χ2v) is 7.50. The number of methoxy groups -OCH3 is 1. The van der Waals surface area contributed by atoms with Crippen LogP contribution in [0.3, 0.4) is 0 Å². The van der Waals surface area contributed by atoms with Crippen LogP contribution in [0, 0.1) is 13.8 Å². The molecule has 0 radical (unpaired) electrons. The highest BCUT2D eigenvalue weighted by Crippen LogP contribution is 2.17. The zero-order valence-corrected chi connectivity index (χ0v) is 16.6. The zero-order chi connectivity index (χ0) is 19.2. The molecule has 0 atom stereocenters. The van der Waals surface area contributed by atoms with E-state index in [2.05, 4.69) is 37.4 Å². The Morgan fingerprint density at radius 1 is 1.04 bits per heavy atom. The summed E-state index contributed by atoms with van der Waals surface area (Å²) in [4.78, 5) is 15.4. The fourth-order valence-electron chi connectivity index (χ4n) is 3.69. The Labute approximate surface area is 161 Å². The predicted molar refractivity (Wildman–Crippen MR) is 108 cm³/mol. The van der Waals surface area contributed by atoms with Crippen LogP contribution in [0.2, 0.25) is 0 Å². The number of carbonyl (C=O) groups is 1. The van der Waals surface area contributed by atoms with Gasteiger partial charge in [-0.3, -0.25) is 4.79 Å². The van der Waals surface area contributed by atoms with E-state index in [1.54, 1.807) is 12.0 Å².